The molecule has 0 radical (unpaired) electrons. The molecule has 0 N–H and O–H groups in total. The van der Waals surface area contributed by atoms with E-state index in [1.807, 2.05) is 36.1 Å². The lowest BCUT2D eigenvalue weighted by Gasteiger charge is -2.29. The number of hydrogen-bond donors (Lipinski definition) is 0. The van der Waals surface area contributed by atoms with Gasteiger partial charge in [0, 0.05) is 23.5 Å². The number of rotatable bonds is 4. The van der Waals surface area contributed by atoms with E-state index in [0.717, 1.165) is 30.8 Å². The Labute approximate surface area is 124 Å². The lowest BCUT2D eigenvalue weighted by molar-refractivity contribution is -0.131. The summed E-state index contributed by atoms with van der Waals surface area (Å²) >= 11 is 1.53. The number of thioether (sulfide) groups is 1. The van der Waals surface area contributed by atoms with Crippen molar-refractivity contribution in [1.29, 1.82) is 0 Å². The van der Waals surface area contributed by atoms with Crippen LogP contribution in [0.25, 0.3) is 0 Å². The topological polar surface area (TPSA) is 37.4 Å². The minimum absolute atomic E-state index is 0.0578. The van der Waals surface area contributed by atoms with Gasteiger partial charge >= 0.3 is 0 Å². The van der Waals surface area contributed by atoms with Crippen LogP contribution in [-0.2, 0) is 4.79 Å². The van der Waals surface area contributed by atoms with Crippen molar-refractivity contribution in [2.75, 3.05) is 13.1 Å². The summed E-state index contributed by atoms with van der Waals surface area (Å²) in [6, 6.07) is 7.50. The maximum Gasteiger partial charge on any atom is 0.235 e. The fraction of sp³-hybridized carbons (Fsp3) is 0.500. The quantitative estimate of drug-likeness (QED) is 0.630. The van der Waals surface area contributed by atoms with Crippen molar-refractivity contribution in [2.45, 2.75) is 43.3 Å². The first kappa shape index (κ1) is 15.1. The summed E-state index contributed by atoms with van der Waals surface area (Å²) in [5, 5.41) is -0.102. The number of nitrogens with zero attached hydrogens (tertiary/aromatic N) is 1. The summed E-state index contributed by atoms with van der Waals surface area (Å²) in [5.74, 6) is 0.269. The van der Waals surface area contributed by atoms with Crippen molar-refractivity contribution in [3.05, 3.63) is 29.8 Å². The van der Waals surface area contributed by atoms with Crippen LogP contribution in [0.1, 0.15) is 43.5 Å². The van der Waals surface area contributed by atoms with Crippen molar-refractivity contribution in [1.82, 2.24) is 4.90 Å². The van der Waals surface area contributed by atoms with E-state index in [1.165, 1.54) is 18.2 Å². The van der Waals surface area contributed by atoms with Crippen LogP contribution < -0.4 is 0 Å². The van der Waals surface area contributed by atoms with E-state index >= 15 is 0 Å². The van der Waals surface area contributed by atoms with Gasteiger partial charge in [-0.3, -0.25) is 9.59 Å². The third-order valence-electron chi connectivity index (χ3n) is 3.57. The van der Waals surface area contributed by atoms with Crippen LogP contribution in [-0.4, -0.2) is 34.9 Å². The molecule has 1 aromatic carbocycles. The minimum Gasteiger partial charge on any atom is -0.342 e. The summed E-state index contributed by atoms with van der Waals surface area (Å²) in [4.78, 5) is 26.7. The van der Waals surface area contributed by atoms with Gasteiger partial charge < -0.3 is 4.90 Å². The van der Waals surface area contributed by atoms with Gasteiger partial charge in [-0.1, -0.05) is 12.1 Å². The number of likely N-dealkylation sites (tertiary alicyclic amines) is 1. The summed E-state index contributed by atoms with van der Waals surface area (Å²) in [5.41, 5.74) is 0.702. The Hall–Kier alpha value is -1.29. The van der Waals surface area contributed by atoms with Crippen LogP contribution in [0, 0.1) is 0 Å². The summed E-state index contributed by atoms with van der Waals surface area (Å²) in [6.45, 7) is 5.28. The molecular formula is C16H21NO2S. The number of hydrogen-bond acceptors (Lipinski definition) is 3. The molecule has 1 amide bonds. The van der Waals surface area contributed by atoms with Crippen molar-refractivity contribution < 1.29 is 9.59 Å². The van der Waals surface area contributed by atoms with Crippen LogP contribution in [0.3, 0.4) is 0 Å². The van der Waals surface area contributed by atoms with Crippen LogP contribution in [0.4, 0.5) is 0 Å². The van der Waals surface area contributed by atoms with Gasteiger partial charge in [-0.25, -0.2) is 0 Å². The average molecular weight is 291 g/mol. The van der Waals surface area contributed by atoms with Crippen LogP contribution in [0.2, 0.25) is 0 Å². The van der Waals surface area contributed by atoms with Crippen LogP contribution in [0.15, 0.2) is 29.2 Å². The molecule has 4 heteroatoms. The van der Waals surface area contributed by atoms with Gasteiger partial charge in [-0.15, -0.1) is 11.8 Å². The molecule has 1 aromatic rings. The van der Waals surface area contributed by atoms with Gasteiger partial charge in [0.15, 0.2) is 5.78 Å². The molecule has 0 bridgehead atoms. The molecule has 2 rings (SSSR count). The van der Waals surface area contributed by atoms with E-state index < -0.39 is 0 Å². The zero-order valence-corrected chi connectivity index (χ0v) is 12.9. The molecule has 1 aliphatic heterocycles. The fourth-order valence-corrected chi connectivity index (χ4v) is 3.42. The lowest BCUT2D eigenvalue weighted by atomic mass is 10.1. The second-order valence-electron chi connectivity index (χ2n) is 5.23. The monoisotopic (exact) mass is 291 g/mol. The molecule has 0 aliphatic carbocycles. The highest BCUT2D eigenvalue weighted by Gasteiger charge is 2.22. The molecule has 1 heterocycles. The largest absolute Gasteiger partial charge is 0.342 e. The first-order valence-corrected chi connectivity index (χ1v) is 8.02. The SMILES string of the molecule is CC(=O)c1cccc(SC(C)C(=O)N2CCCCC2)c1. The molecule has 0 saturated carbocycles. The molecule has 0 aromatic heterocycles. The first-order valence-electron chi connectivity index (χ1n) is 7.14. The van der Waals surface area contributed by atoms with E-state index in [0.29, 0.717) is 5.56 Å². The molecule has 20 heavy (non-hydrogen) atoms. The molecule has 1 saturated heterocycles. The molecule has 108 valence electrons. The summed E-state index contributed by atoms with van der Waals surface area (Å²) in [6.07, 6.45) is 3.46. The van der Waals surface area contributed by atoms with Crippen molar-refractivity contribution in [3.8, 4) is 0 Å². The van der Waals surface area contributed by atoms with Gasteiger partial charge in [-0.05, 0) is 45.2 Å². The predicted molar refractivity (Wildman–Crippen MR) is 82.2 cm³/mol. The first-order chi connectivity index (χ1) is 9.58. The molecule has 0 spiro atoms. The number of benzene rings is 1. The third-order valence-corrected chi connectivity index (χ3v) is 4.65. The molecule has 1 unspecified atom stereocenters. The highest BCUT2D eigenvalue weighted by molar-refractivity contribution is 8.00. The predicted octanol–water partition coefficient (Wildman–Crippen LogP) is 3.38. The Kier molecular flexibility index (Phi) is 5.24. The lowest BCUT2D eigenvalue weighted by Crippen LogP contribution is -2.40. The zero-order valence-electron chi connectivity index (χ0n) is 12.1. The normalized spacial score (nSPS) is 16.8. The number of piperidine rings is 1. The van der Waals surface area contributed by atoms with Gasteiger partial charge in [-0.2, -0.15) is 0 Å². The van der Waals surface area contributed by atoms with E-state index in [1.54, 1.807) is 6.92 Å². The highest BCUT2D eigenvalue weighted by Crippen LogP contribution is 2.26. The third kappa shape index (κ3) is 3.85. The van der Waals surface area contributed by atoms with E-state index in [-0.39, 0.29) is 16.9 Å². The zero-order chi connectivity index (χ0) is 14.5. The van der Waals surface area contributed by atoms with Gasteiger partial charge in [0.2, 0.25) is 5.91 Å². The number of Topliss-reactive ketones (excluding diaryl/α,β-unsaturated/α-hetero) is 1. The van der Waals surface area contributed by atoms with Gasteiger partial charge in [0.25, 0.3) is 0 Å². The standard InChI is InChI=1S/C16H21NO2S/c1-12(18)14-7-6-8-15(11-14)20-13(2)16(19)17-9-4-3-5-10-17/h6-8,11,13H,3-5,9-10H2,1-2H3. The summed E-state index contributed by atoms with van der Waals surface area (Å²) < 4.78 is 0. The number of amides is 1. The second-order valence-corrected chi connectivity index (χ2v) is 6.64. The maximum atomic E-state index is 12.4. The number of carbonyl (C=O) groups excluding carboxylic acids is 2. The van der Waals surface area contributed by atoms with Crippen molar-refractivity contribution >= 4 is 23.5 Å². The van der Waals surface area contributed by atoms with Crippen molar-refractivity contribution in [2.24, 2.45) is 0 Å². The minimum atomic E-state index is -0.102. The Bertz CT molecular complexity index is 495. The Morgan fingerprint density at radius 1 is 1.20 bits per heavy atom. The van der Waals surface area contributed by atoms with Crippen molar-refractivity contribution in [3.63, 3.8) is 0 Å². The maximum absolute atomic E-state index is 12.4. The highest BCUT2D eigenvalue weighted by atomic mass is 32.2. The number of carbonyl (C=O) groups is 2. The molecule has 1 aliphatic rings. The fourth-order valence-electron chi connectivity index (χ4n) is 2.41. The Balaban J connectivity index is 1.99. The van der Waals surface area contributed by atoms with Gasteiger partial charge in [0.1, 0.15) is 0 Å². The molecule has 3 nitrogen and oxygen atoms in total. The van der Waals surface area contributed by atoms with Gasteiger partial charge in [0.05, 0.1) is 5.25 Å². The average Bonchev–Trinajstić information content (AvgIpc) is 2.47. The molecular weight excluding hydrogens is 270 g/mol. The molecule has 1 atom stereocenters. The van der Waals surface area contributed by atoms with E-state index in [4.69, 9.17) is 0 Å². The number of ketones is 1. The van der Waals surface area contributed by atoms with Crippen LogP contribution in [0.5, 0.6) is 0 Å². The Morgan fingerprint density at radius 2 is 1.90 bits per heavy atom. The van der Waals surface area contributed by atoms with Crippen LogP contribution >= 0.6 is 11.8 Å². The Morgan fingerprint density at radius 3 is 2.55 bits per heavy atom. The van der Waals surface area contributed by atoms with E-state index in [2.05, 4.69) is 0 Å². The van der Waals surface area contributed by atoms with E-state index in [9.17, 15) is 9.59 Å². The molecule has 1 fully saturated rings. The summed E-state index contributed by atoms with van der Waals surface area (Å²) in [7, 11) is 0. The second kappa shape index (κ2) is 6.93. The smallest absolute Gasteiger partial charge is 0.235 e.